The van der Waals surface area contributed by atoms with E-state index in [9.17, 15) is 5.11 Å². The lowest BCUT2D eigenvalue weighted by molar-refractivity contribution is 0.0188. The molecule has 1 saturated carbocycles. The Bertz CT molecular complexity index is 256. The molecule has 1 aliphatic carbocycles. The van der Waals surface area contributed by atoms with E-state index in [-0.39, 0.29) is 6.61 Å². The molecule has 0 aromatic carbocycles. The topological polar surface area (TPSA) is 61.7 Å². The molecule has 3 N–H and O–H groups in total. The molecule has 0 spiro atoms. The molecule has 0 heterocycles. The zero-order valence-electron chi connectivity index (χ0n) is 13.9. The van der Waals surface area contributed by atoms with Crippen LogP contribution in [0, 0.1) is 11.3 Å². The van der Waals surface area contributed by atoms with Gasteiger partial charge in [0.25, 0.3) is 0 Å². The molecule has 21 heavy (non-hydrogen) atoms. The number of hydrogen-bond donors (Lipinski definition) is 3. The Morgan fingerprint density at radius 3 is 2.57 bits per heavy atom. The molecular formula is C17H35NO3. The third-order valence-corrected chi connectivity index (χ3v) is 4.69. The van der Waals surface area contributed by atoms with Gasteiger partial charge in [0.2, 0.25) is 0 Å². The van der Waals surface area contributed by atoms with Crippen LogP contribution in [0.3, 0.4) is 0 Å². The zero-order valence-corrected chi connectivity index (χ0v) is 13.9. The predicted octanol–water partition coefficient (Wildman–Crippen LogP) is 2.33. The van der Waals surface area contributed by atoms with Gasteiger partial charge in [-0.1, -0.05) is 33.1 Å². The van der Waals surface area contributed by atoms with Crippen molar-refractivity contribution < 1.29 is 14.9 Å². The van der Waals surface area contributed by atoms with Gasteiger partial charge in [0, 0.05) is 26.3 Å². The largest absolute Gasteiger partial charge is 0.396 e. The number of ether oxygens (including phenoxy) is 1. The van der Waals surface area contributed by atoms with E-state index in [1.165, 1.54) is 32.1 Å². The van der Waals surface area contributed by atoms with Gasteiger partial charge in [0.15, 0.2) is 0 Å². The van der Waals surface area contributed by atoms with E-state index < -0.39 is 6.10 Å². The van der Waals surface area contributed by atoms with Crippen molar-refractivity contribution in [2.75, 3.05) is 32.9 Å². The highest BCUT2D eigenvalue weighted by atomic mass is 16.5. The van der Waals surface area contributed by atoms with Gasteiger partial charge in [0.05, 0.1) is 12.7 Å². The molecule has 1 rings (SSSR count). The Morgan fingerprint density at radius 1 is 1.24 bits per heavy atom. The van der Waals surface area contributed by atoms with Crippen LogP contribution in [-0.4, -0.2) is 49.2 Å². The van der Waals surface area contributed by atoms with Crippen molar-refractivity contribution >= 4 is 0 Å². The summed E-state index contributed by atoms with van der Waals surface area (Å²) in [5.74, 6) is 0.629. The van der Waals surface area contributed by atoms with Gasteiger partial charge < -0.3 is 20.3 Å². The third-order valence-electron chi connectivity index (χ3n) is 4.69. The van der Waals surface area contributed by atoms with Crippen molar-refractivity contribution in [2.45, 2.75) is 64.9 Å². The van der Waals surface area contributed by atoms with Crippen molar-refractivity contribution in [3.05, 3.63) is 0 Å². The Kier molecular flexibility index (Phi) is 9.49. The van der Waals surface area contributed by atoms with Gasteiger partial charge in [-0.05, 0) is 37.0 Å². The highest BCUT2D eigenvalue weighted by Crippen LogP contribution is 2.47. The van der Waals surface area contributed by atoms with E-state index in [4.69, 9.17) is 9.84 Å². The Morgan fingerprint density at radius 2 is 2.00 bits per heavy atom. The summed E-state index contributed by atoms with van der Waals surface area (Å²) in [7, 11) is 0. The summed E-state index contributed by atoms with van der Waals surface area (Å²) in [6.45, 7) is 7.36. The number of aliphatic hydroxyl groups excluding tert-OH is 2. The van der Waals surface area contributed by atoms with Crippen LogP contribution in [0.5, 0.6) is 0 Å². The van der Waals surface area contributed by atoms with E-state index in [1.807, 2.05) is 0 Å². The van der Waals surface area contributed by atoms with Crippen LogP contribution in [0.15, 0.2) is 0 Å². The SMILES string of the molecule is CCCCC(CC)COCC(O)CNCC1(CCO)CC1. The first kappa shape index (κ1) is 18.9. The van der Waals surface area contributed by atoms with Gasteiger partial charge in [-0.25, -0.2) is 0 Å². The zero-order chi connectivity index (χ0) is 15.6. The first-order valence-corrected chi connectivity index (χ1v) is 8.73. The molecule has 0 aliphatic heterocycles. The summed E-state index contributed by atoms with van der Waals surface area (Å²) in [4.78, 5) is 0. The number of nitrogens with one attached hydrogen (secondary N) is 1. The van der Waals surface area contributed by atoms with Crippen molar-refractivity contribution in [1.29, 1.82) is 0 Å². The van der Waals surface area contributed by atoms with Crippen LogP contribution in [0.4, 0.5) is 0 Å². The smallest absolute Gasteiger partial charge is 0.0897 e. The molecule has 2 atom stereocenters. The summed E-state index contributed by atoms with van der Waals surface area (Å²) >= 11 is 0. The lowest BCUT2D eigenvalue weighted by atomic mass is 10.0. The van der Waals surface area contributed by atoms with Crippen LogP contribution < -0.4 is 5.32 Å². The molecule has 1 fully saturated rings. The van der Waals surface area contributed by atoms with Gasteiger partial charge in [-0.3, -0.25) is 0 Å². The van der Waals surface area contributed by atoms with Gasteiger partial charge >= 0.3 is 0 Å². The first-order chi connectivity index (χ1) is 10.2. The maximum Gasteiger partial charge on any atom is 0.0897 e. The summed E-state index contributed by atoms with van der Waals surface area (Å²) in [6.07, 6.45) is 7.72. The third kappa shape index (κ3) is 8.15. The van der Waals surface area contributed by atoms with Crippen LogP contribution in [0.1, 0.15) is 58.8 Å². The molecule has 1 aliphatic rings. The van der Waals surface area contributed by atoms with Gasteiger partial charge in [0.1, 0.15) is 0 Å². The highest BCUT2D eigenvalue weighted by Gasteiger charge is 2.41. The molecule has 0 amide bonds. The van der Waals surface area contributed by atoms with E-state index >= 15 is 0 Å². The minimum absolute atomic E-state index is 0.267. The quantitative estimate of drug-likeness (QED) is 0.461. The number of aliphatic hydroxyl groups is 2. The molecule has 0 aromatic rings. The van der Waals surface area contributed by atoms with Crippen molar-refractivity contribution in [3.63, 3.8) is 0 Å². The molecule has 0 radical (unpaired) electrons. The average molecular weight is 301 g/mol. The van der Waals surface area contributed by atoms with Gasteiger partial charge in [-0.2, -0.15) is 0 Å². The molecule has 0 saturated heterocycles. The lowest BCUT2D eigenvalue weighted by Crippen LogP contribution is -2.34. The molecule has 126 valence electrons. The number of hydrogen-bond acceptors (Lipinski definition) is 4. The maximum atomic E-state index is 9.92. The minimum atomic E-state index is -0.432. The number of unbranched alkanes of at least 4 members (excludes halogenated alkanes) is 1. The second kappa shape index (κ2) is 10.5. The highest BCUT2D eigenvalue weighted by molar-refractivity contribution is 4.94. The average Bonchev–Trinajstić information content (AvgIpc) is 3.23. The number of rotatable bonds is 14. The summed E-state index contributed by atoms with van der Waals surface area (Å²) in [6, 6.07) is 0. The summed E-state index contributed by atoms with van der Waals surface area (Å²) in [5.41, 5.74) is 0.308. The van der Waals surface area contributed by atoms with Crippen LogP contribution >= 0.6 is 0 Å². The molecule has 2 unspecified atom stereocenters. The second-order valence-corrected chi connectivity index (χ2v) is 6.71. The van der Waals surface area contributed by atoms with Crippen molar-refractivity contribution in [2.24, 2.45) is 11.3 Å². The fourth-order valence-corrected chi connectivity index (χ4v) is 2.76. The summed E-state index contributed by atoms with van der Waals surface area (Å²) in [5, 5.41) is 22.2. The fourth-order valence-electron chi connectivity index (χ4n) is 2.76. The Labute approximate surface area is 130 Å². The molecule has 4 nitrogen and oxygen atoms in total. The molecule has 0 aromatic heterocycles. The van der Waals surface area contributed by atoms with Crippen molar-refractivity contribution in [1.82, 2.24) is 5.32 Å². The van der Waals surface area contributed by atoms with Crippen LogP contribution in [0.25, 0.3) is 0 Å². The second-order valence-electron chi connectivity index (χ2n) is 6.71. The predicted molar refractivity (Wildman–Crippen MR) is 86.4 cm³/mol. The molecule has 4 heteroatoms. The fraction of sp³-hybridized carbons (Fsp3) is 1.00. The van der Waals surface area contributed by atoms with Crippen LogP contribution in [0.2, 0.25) is 0 Å². The first-order valence-electron chi connectivity index (χ1n) is 8.73. The Hall–Kier alpha value is -0.160. The van der Waals surface area contributed by atoms with Crippen LogP contribution in [-0.2, 0) is 4.74 Å². The molecule has 0 bridgehead atoms. The summed E-state index contributed by atoms with van der Waals surface area (Å²) < 4.78 is 5.66. The minimum Gasteiger partial charge on any atom is -0.396 e. The van der Waals surface area contributed by atoms with E-state index in [1.54, 1.807) is 0 Å². The molecular weight excluding hydrogens is 266 g/mol. The normalized spacial score (nSPS) is 19.4. The van der Waals surface area contributed by atoms with E-state index in [0.29, 0.717) is 24.5 Å². The lowest BCUT2D eigenvalue weighted by Gasteiger charge is -2.19. The maximum absolute atomic E-state index is 9.92. The monoisotopic (exact) mass is 301 g/mol. The van der Waals surface area contributed by atoms with Crippen molar-refractivity contribution in [3.8, 4) is 0 Å². The van der Waals surface area contributed by atoms with Gasteiger partial charge in [-0.15, -0.1) is 0 Å². The Balaban J connectivity index is 2.01. The standard InChI is InChI=1S/C17H35NO3/c1-3-5-6-15(4-2)12-21-13-16(20)11-18-14-17(7-8-17)9-10-19/h15-16,18-20H,3-14H2,1-2H3. The van der Waals surface area contributed by atoms with E-state index in [2.05, 4.69) is 19.2 Å². The van der Waals surface area contributed by atoms with E-state index in [0.717, 1.165) is 26.0 Å².